The average molecular weight is 282 g/mol. The standard InChI is InChI=1S/C15H26N2O3/c1-10(2)7-8-17(13-5-6-13)15(20)16-12-4-3-11(9-12)14(18)19/h10-13H,3-9H2,1-2H3,(H,16,20)(H,18,19). The Morgan fingerprint density at radius 3 is 2.45 bits per heavy atom. The Morgan fingerprint density at radius 2 is 1.95 bits per heavy atom. The Kier molecular flexibility index (Phi) is 4.89. The van der Waals surface area contributed by atoms with Crippen molar-refractivity contribution < 1.29 is 14.7 Å². The second kappa shape index (κ2) is 6.46. The zero-order valence-electron chi connectivity index (χ0n) is 12.5. The summed E-state index contributed by atoms with van der Waals surface area (Å²) in [4.78, 5) is 25.2. The van der Waals surface area contributed by atoms with Gasteiger partial charge < -0.3 is 15.3 Å². The molecular formula is C15H26N2O3. The molecule has 114 valence electrons. The molecule has 2 N–H and O–H groups in total. The molecule has 2 saturated carbocycles. The van der Waals surface area contributed by atoms with Crippen molar-refractivity contribution in [3.05, 3.63) is 0 Å². The van der Waals surface area contributed by atoms with Gasteiger partial charge in [0.05, 0.1) is 5.92 Å². The van der Waals surface area contributed by atoms with Gasteiger partial charge in [-0.2, -0.15) is 0 Å². The fourth-order valence-corrected chi connectivity index (χ4v) is 2.83. The Hall–Kier alpha value is -1.26. The first-order valence-electron chi connectivity index (χ1n) is 7.77. The molecule has 0 bridgehead atoms. The topological polar surface area (TPSA) is 69.6 Å². The lowest BCUT2D eigenvalue weighted by Gasteiger charge is -2.25. The van der Waals surface area contributed by atoms with Gasteiger partial charge >= 0.3 is 12.0 Å². The summed E-state index contributed by atoms with van der Waals surface area (Å²) >= 11 is 0. The molecule has 5 nitrogen and oxygen atoms in total. The van der Waals surface area contributed by atoms with Crippen LogP contribution in [0.4, 0.5) is 4.79 Å². The third-order valence-electron chi connectivity index (χ3n) is 4.31. The van der Waals surface area contributed by atoms with Crippen molar-refractivity contribution in [3.8, 4) is 0 Å². The summed E-state index contributed by atoms with van der Waals surface area (Å²) in [5.74, 6) is -0.433. The third-order valence-corrected chi connectivity index (χ3v) is 4.31. The number of hydrogen-bond acceptors (Lipinski definition) is 2. The number of hydrogen-bond donors (Lipinski definition) is 2. The van der Waals surface area contributed by atoms with E-state index in [0.29, 0.717) is 24.8 Å². The van der Waals surface area contributed by atoms with Crippen molar-refractivity contribution in [3.63, 3.8) is 0 Å². The van der Waals surface area contributed by atoms with Crippen molar-refractivity contribution in [2.75, 3.05) is 6.54 Å². The van der Waals surface area contributed by atoms with Crippen LogP contribution in [0.25, 0.3) is 0 Å². The summed E-state index contributed by atoms with van der Waals surface area (Å²) in [6.45, 7) is 5.14. The molecular weight excluding hydrogens is 256 g/mol. The molecule has 0 heterocycles. The van der Waals surface area contributed by atoms with Crippen LogP contribution in [0.2, 0.25) is 0 Å². The molecule has 2 rings (SSSR count). The zero-order chi connectivity index (χ0) is 14.7. The first-order valence-corrected chi connectivity index (χ1v) is 7.77. The minimum absolute atomic E-state index is 0.00388. The van der Waals surface area contributed by atoms with Crippen LogP contribution >= 0.6 is 0 Å². The number of urea groups is 1. The number of aliphatic carboxylic acids is 1. The number of carbonyl (C=O) groups excluding carboxylic acids is 1. The number of amides is 2. The number of carboxylic acids is 1. The largest absolute Gasteiger partial charge is 0.481 e. The summed E-state index contributed by atoms with van der Waals surface area (Å²) < 4.78 is 0. The molecule has 0 spiro atoms. The maximum Gasteiger partial charge on any atom is 0.317 e. The molecule has 2 fully saturated rings. The van der Waals surface area contributed by atoms with Gasteiger partial charge in [0.25, 0.3) is 0 Å². The van der Waals surface area contributed by atoms with Crippen LogP contribution in [0.3, 0.4) is 0 Å². The number of rotatable bonds is 6. The van der Waals surface area contributed by atoms with Crippen LogP contribution in [-0.2, 0) is 4.79 Å². The second-order valence-corrected chi connectivity index (χ2v) is 6.60. The van der Waals surface area contributed by atoms with Crippen molar-refractivity contribution in [2.24, 2.45) is 11.8 Å². The Bertz CT molecular complexity index is 366. The quantitative estimate of drug-likeness (QED) is 0.786. The van der Waals surface area contributed by atoms with Gasteiger partial charge in [0, 0.05) is 18.6 Å². The van der Waals surface area contributed by atoms with E-state index in [9.17, 15) is 9.59 Å². The van der Waals surface area contributed by atoms with Gasteiger partial charge in [-0.15, -0.1) is 0 Å². The molecule has 2 aliphatic rings. The molecule has 0 aromatic carbocycles. The number of carboxylic acid groups (broad SMARTS) is 1. The minimum atomic E-state index is -0.736. The fraction of sp³-hybridized carbons (Fsp3) is 0.867. The van der Waals surface area contributed by atoms with Crippen LogP contribution in [0.5, 0.6) is 0 Å². The van der Waals surface area contributed by atoms with Crippen LogP contribution in [0.15, 0.2) is 0 Å². The van der Waals surface area contributed by atoms with Gasteiger partial charge in [-0.3, -0.25) is 4.79 Å². The highest BCUT2D eigenvalue weighted by molar-refractivity contribution is 5.76. The summed E-state index contributed by atoms with van der Waals surface area (Å²) in [5.41, 5.74) is 0. The predicted molar refractivity (Wildman–Crippen MR) is 76.5 cm³/mol. The van der Waals surface area contributed by atoms with Gasteiger partial charge in [-0.1, -0.05) is 13.8 Å². The van der Waals surface area contributed by atoms with E-state index in [1.807, 2.05) is 4.90 Å². The molecule has 2 atom stereocenters. The molecule has 20 heavy (non-hydrogen) atoms. The van der Waals surface area contributed by atoms with Crippen LogP contribution in [-0.4, -0.2) is 40.6 Å². The van der Waals surface area contributed by atoms with E-state index < -0.39 is 5.97 Å². The second-order valence-electron chi connectivity index (χ2n) is 6.60. The Morgan fingerprint density at radius 1 is 1.25 bits per heavy atom. The van der Waals surface area contributed by atoms with Gasteiger partial charge in [0.1, 0.15) is 0 Å². The Balaban J connectivity index is 1.81. The summed E-state index contributed by atoms with van der Waals surface area (Å²) in [7, 11) is 0. The lowest BCUT2D eigenvalue weighted by atomic mass is 10.1. The van der Waals surface area contributed by atoms with E-state index in [4.69, 9.17) is 5.11 Å². The van der Waals surface area contributed by atoms with Gasteiger partial charge in [0.15, 0.2) is 0 Å². The summed E-state index contributed by atoms with van der Waals surface area (Å²) in [5, 5.41) is 12.0. The Labute approximate surface area is 120 Å². The highest BCUT2D eigenvalue weighted by Gasteiger charge is 2.35. The molecule has 0 aromatic heterocycles. The molecule has 0 aliphatic heterocycles. The van der Waals surface area contributed by atoms with E-state index in [2.05, 4.69) is 19.2 Å². The normalized spacial score (nSPS) is 25.8. The first-order chi connectivity index (χ1) is 9.47. The van der Waals surface area contributed by atoms with Crippen molar-refractivity contribution in [1.82, 2.24) is 10.2 Å². The van der Waals surface area contributed by atoms with Crippen LogP contribution in [0, 0.1) is 11.8 Å². The van der Waals surface area contributed by atoms with Crippen molar-refractivity contribution in [2.45, 2.75) is 64.5 Å². The van der Waals surface area contributed by atoms with Gasteiger partial charge in [0.2, 0.25) is 0 Å². The van der Waals surface area contributed by atoms with Crippen molar-refractivity contribution >= 4 is 12.0 Å². The number of nitrogens with one attached hydrogen (secondary N) is 1. The predicted octanol–water partition coefficient (Wildman–Crippen LogP) is 2.46. The minimum Gasteiger partial charge on any atom is -0.481 e. The molecule has 0 aromatic rings. The van der Waals surface area contributed by atoms with Crippen LogP contribution < -0.4 is 5.32 Å². The highest BCUT2D eigenvalue weighted by atomic mass is 16.4. The monoisotopic (exact) mass is 282 g/mol. The number of nitrogens with zero attached hydrogens (tertiary/aromatic N) is 1. The molecule has 2 aliphatic carbocycles. The summed E-state index contributed by atoms with van der Waals surface area (Å²) in [6, 6.07) is 0.443. The van der Waals surface area contributed by atoms with E-state index >= 15 is 0 Å². The molecule has 2 unspecified atom stereocenters. The van der Waals surface area contributed by atoms with Crippen LogP contribution in [0.1, 0.15) is 52.4 Å². The van der Waals surface area contributed by atoms with E-state index in [1.54, 1.807) is 0 Å². The van der Waals surface area contributed by atoms with E-state index in [0.717, 1.165) is 32.2 Å². The number of carbonyl (C=O) groups is 2. The lowest BCUT2D eigenvalue weighted by molar-refractivity contribution is -0.141. The maximum absolute atomic E-state index is 12.3. The highest BCUT2D eigenvalue weighted by Crippen LogP contribution is 2.29. The average Bonchev–Trinajstić information content (AvgIpc) is 3.08. The maximum atomic E-state index is 12.3. The van der Waals surface area contributed by atoms with Gasteiger partial charge in [-0.05, 0) is 44.4 Å². The fourth-order valence-electron chi connectivity index (χ4n) is 2.83. The van der Waals surface area contributed by atoms with E-state index in [-0.39, 0.29) is 18.0 Å². The molecule has 0 saturated heterocycles. The first kappa shape index (κ1) is 15.1. The summed E-state index contributed by atoms with van der Waals surface area (Å²) in [6.07, 6.45) is 5.26. The SMILES string of the molecule is CC(C)CCN(C(=O)NC1CCC(C(=O)O)C1)C1CC1. The van der Waals surface area contributed by atoms with E-state index in [1.165, 1.54) is 0 Å². The molecule has 5 heteroatoms. The third kappa shape index (κ3) is 4.12. The smallest absolute Gasteiger partial charge is 0.317 e. The molecule has 0 radical (unpaired) electrons. The lowest BCUT2D eigenvalue weighted by Crippen LogP contribution is -2.45. The molecule has 2 amide bonds. The zero-order valence-corrected chi connectivity index (χ0v) is 12.5. The van der Waals surface area contributed by atoms with Gasteiger partial charge in [-0.25, -0.2) is 4.79 Å². The van der Waals surface area contributed by atoms with Crippen molar-refractivity contribution in [1.29, 1.82) is 0 Å².